The number of aromatic nitrogens is 5. The number of halogens is 1. The third kappa shape index (κ3) is 3.97. The Bertz CT molecular complexity index is 1580. The standard InChI is InChI=1S/C25H18ClN7O3/c26-16-6-8-17(9-7-16)33-24(34)19(29-25(33)35)10-12-22-30-23(31-36-22)15-5-11-21(27-13-15)32-14-28-18-3-1-2-4-20(18)32/h1-9,11,13-14,19H,10,12H2,(H,29,35). The highest BCUT2D eigenvalue weighted by Crippen LogP contribution is 2.24. The van der Waals surface area contributed by atoms with Gasteiger partial charge in [-0.25, -0.2) is 19.7 Å². The van der Waals surface area contributed by atoms with Gasteiger partial charge in [-0.05, 0) is 55.0 Å². The number of amides is 3. The molecule has 1 saturated heterocycles. The molecule has 0 bridgehead atoms. The van der Waals surface area contributed by atoms with Gasteiger partial charge < -0.3 is 9.84 Å². The van der Waals surface area contributed by atoms with Crippen molar-refractivity contribution in [2.75, 3.05) is 4.90 Å². The summed E-state index contributed by atoms with van der Waals surface area (Å²) in [4.78, 5) is 39.6. The quantitative estimate of drug-likeness (QED) is 0.348. The lowest BCUT2D eigenvalue weighted by molar-refractivity contribution is -0.118. The number of hydrogen-bond acceptors (Lipinski definition) is 7. The molecule has 1 N–H and O–H groups in total. The van der Waals surface area contributed by atoms with Crippen LogP contribution in [0.4, 0.5) is 10.5 Å². The summed E-state index contributed by atoms with van der Waals surface area (Å²) in [7, 11) is 0. The van der Waals surface area contributed by atoms with Crippen LogP contribution in [0.1, 0.15) is 12.3 Å². The second kappa shape index (κ2) is 8.90. The number of urea groups is 1. The molecule has 1 unspecified atom stereocenters. The monoisotopic (exact) mass is 499 g/mol. The van der Waals surface area contributed by atoms with E-state index < -0.39 is 12.1 Å². The number of imidazole rings is 1. The molecule has 1 fully saturated rings. The molecule has 0 spiro atoms. The minimum Gasteiger partial charge on any atom is -0.339 e. The van der Waals surface area contributed by atoms with Gasteiger partial charge in [-0.15, -0.1) is 0 Å². The van der Waals surface area contributed by atoms with E-state index in [1.165, 1.54) is 0 Å². The number of nitrogens with zero attached hydrogens (tertiary/aromatic N) is 6. The second-order valence-electron chi connectivity index (χ2n) is 8.21. The van der Waals surface area contributed by atoms with E-state index in [-0.39, 0.29) is 5.91 Å². The number of carbonyl (C=O) groups is 2. The Labute approximate surface area is 209 Å². The SMILES string of the molecule is O=C1NC(CCc2nc(-c3ccc(-n4cnc5ccccc54)nc3)no2)C(=O)N1c1ccc(Cl)cc1. The van der Waals surface area contributed by atoms with Crippen molar-refractivity contribution in [1.82, 2.24) is 30.0 Å². The zero-order valence-electron chi connectivity index (χ0n) is 18.7. The summed E-state index contributed by atoms with van der Waals surface area (Å²) in [6.07, 6.45) is 4.05. The van der Waals surface area contributed by atoms with Gasteiger partial charge in [-0.3, -0.25) is 9.36 Å². The molecule has 5 aromatic rings. The van der Waals surface area contributed by atoms with Gasteiger partial charge in [-0.1, -0.05) is 28.9 Å². The van der Waals surface area contributed by atoms with E-state index in [9.17, 15) is 9.59 Å². The van der Waals surface area contributed by atoms with Crippen LogP contribution in [0.25, 0.3) is 28.2 Å². The van der Waals surface area contributed by atoms with Crippen molar-refractivity contribution in [1.29, 1.82) is 0 Å². The zero-order chi connectivity index (χ0) is 24.6. The molecule has 3 amide bonds. The fourth-order valence-electron chi connectivity index (χ4n) is 4.11. The van der Waals surface area contributed by atoms with Crippen LogP contribution in [0.15, 0.2) is 77.7 Å². The number of nitrogens with one attached hydrogen (secondary N) is 1. The first-order valence-corrected chi connectivity index (χ1v) is 11.6. The fourth-order valence-corrected chi connectivity index (χ4v) is 4.23. The summed E-state index contributed by atoms with van der Waals surface area (Å²) < 4.78 is 7.27. The molecule has 3 aromatic heterocycles. The zero-order valence-corrected chi connectivity index (χ0v) is 19.5. The number of hydrogen-bond donors (Lipinski definition) is 1. The van der Waals surface area contributed by atoms with E-state index >= 15 is 0 Å². The first kappa shape index (κ1) is 21.9. The minimum atomic E-state index is -0.686. The molecule has 178 valence electrons. The lowest BCUT2D eigenvalue weighted by Gasteiger charge is -2.12. The van der Waals surface area contributed by atoms with Crippen molar-refractivity contribution in [3.05, 3.63) is 84.1 Å². The topological polar surface area (TPSA) is 119 Å². The molecule has 0 saturated carbocycles. The largest absolute Gasteiger partial charge is 0.339 e. The van der Waals surface area contributed by atoms with Gasteiger partial charge in [-0.2, -0.15) is 4.98 Å². The van der Waals surface area contributed by atoms with E-state index in [1.54, 1.807) is 36.8 Å². The Morgan fingerprint density at radius 1 is 1.00 bits per heavy atom. The normalized spacial score (nSPS) is 15.6. The van der Waals surface area contributed by atoms with Crippen LogP contribution < -0.4 is 10.2 Å². The van der Waals surface area contributed by atoms with Crippen LogP contribution in [0.3, 0.4) is 0 Å². The summed E-state index contributed by atoms with van der Waals surface area (Å²) in [5.41, 5.74) is 3.00. The maximum atomic E-state index is 12.8. The molecule has 1 atom stereocenters. The van der Waals surface area contributed by atoms with Crippen molar-refractivity contribution < 1.29 is 14.1 Å². The molecular formula is C25H18ClN7O3. The van der Waals surface area contributed by atoms with Gasteiger partial charge >= 0.3 is 6.03 Å². The number of aryl methyl sites for hydroxylation is 1. The van der Waals surface area contributed by atoms with E-state index in [2.05, 4.69) is 25.4 Å². The molecule has 4 heterocycles. The van der Waals surface area contributed by atoms with E-state index in [1.807, 2.05) is 41.0 Å². The molecule has 1 aliphatic rings. The van der Waals surface area contributed by atoms with Gasteiger partial charge in [0.1, 0.15) is 18.2 Å². The number of para-hydroxylation sites is 2. The van der Waals surface area contributed by atoms with Crippen molar-refractivity contribution in [3.63, 3.8) is 0 Å². The lowest BCUT2D eigenvalue weighted by atomic mass is 10.1. The van der Waals surface area contributed by atoms with Crippen LogP contribution in [0.5, 0.6) is 0 Å². The molecule has 11 heteroatoms. The third-order valence-electron chi connectivity index (χ3n) is 5.93. The summed E-state index contributed by atoms with van der Waals surface area (Å²) in [5, 5.41) is 7.27. The first-order chi connectivity index (χ1) is 17.6. The van der Waals surface area contributed by atoms with Crippen LogP contribution >= 0.6 is 11.6 Å². The summed E-state index contributed by atoms with van der Waals surface area (Å²) >= 11 is 5.90. The van der Waals surface area contributed by atoms with Gasteiger partial charge in [0, 0.05) is 23.2 Å². The van der Waals surface area contributed by atoms with Crippen molar-refractivity contribution in [2.24, 2.45) is 0 Å². The van der Waals surface area contributed by atoms with Crippen LogP contribution in [0, 0.1) is 0 Å². The van der Waals surface area contributed by atoms with Crippen LogP contribution in [-0.2, 0) is 11.2 Å². The van der Waals surface area contributed by atoms with Crippen LogP contribution in [0.2, 0.25) is 5.02 Å². The maximum absolute atomic E-state index is 12.8. The Morgan fingerprint density at radius 3 is 2.64 bits per heavy atom. The Morgan fingerprint density at radius 2 is 1.83 bits per heavy atom. The van der Waals surface area contributed by atoms with E-state index in [4.69, 9.17) is 16.1 Å². The molecule has 1 aliphatic heterocycles. The second-order valence-corrected chi connectivity index (χ2v) is 8.65. The average molecular weight is 500 g/mol. The highest BCUT2D eigenvalue weighted by Gasteiger charge is 2.38. The van der Waals surface area contributed by atoms with Crippen molar-refractivity contribution in [3.8, 4) is 17.2 Å². The number of rotatable bonds is 6. The number of imide groups is 1. The van der Waals surface area contributed by atoms with Crippen molar-refractivity contribution >= 4 is 40.3 Å². The highest BCUT2D eigenvalue weighted by molar-refractivity contribution is 6.30. The third-order valence-corrected chi connectivity index (χ3v) is 6.18. The summed E-state index contributed by atoms with van der Waals surface area (Å²) in [6, 6.07) is 16.9. The number of fused-ring (bicyclic) bond motifs is 1. The Hall–Kier alpha value is -4.57. The van der Waals surface area contributed by atoms with Gasteiger partial charge in [0.25, 0.3) is 5.91 Å². The highest BCUT2D eigenvalue weighted by atomic mass is 35.5. The Balaban J connectivity index is 1.12. The molecule has 0 radical (unpaired) electrons. The fraction of sp³-hybridized carbons (Fsp3) is 0.120. The predicted octanol–water partition coefficient (Wildman–Crippen LogP) is 4.18. The van der Waals surface area contributed by atoms with E-state index in [0.717, 1.165) is 21.8 Å². The number of pyridine rings is 1. The summed E-state index contributed by atoms with van der Waals surface area (Å²) in [6.45, 7) is 0. The molecule has 2 aromatic carbocycles. The number of anilines is 1. The van der Waals surface area contributed by atoms with Gasteiger partial charge in [0.2, 0.25) is 11.7 Å². The first-order valence-electron chi connectivity index (χ1n) is 11.2. The number of benzene rings is 2. The molecule has 0 aliphatic carbocycles. The van der Waals surface area contributed by atoms with Gasteiger partial charge in [0.05, 0.1) is 16.7 Å². The van der Waals surface area contributed by atoms with Gasteiger partial charge in [0.15, 0.2) is 0 Å². The summed E-state index contributed by atoms with van der Waals surface area (Å²) in [5.74, 6) is 1.14. The van der Waals surface area contributed by atoms with Crippen molar-refractivity contribution in [2.45, 2.75) is 18.9 Å². The molecule has 36 heavy (non-hydrogen) atoms. The minimum absolute atomic E-state index is 0.321. The van der Waals surface area contributed by atoms with E-state index in [0.29, 0.717) is 40.8 Å². The number of carbonyl (C=O) groups excluding carboxylic acids is 2. The molecular weight excluding hydrogens is 482 g/mol. The molecule has 10 nitrogen and oxygen atoms in total. The predicted molar refractivity (Wildman–Crippen MR) is 132 cm³/mol. The maximum Gasteiger partial charge on any atom is 0.329 e. The Kier molecular flexibility index (Phi) is 5.42. The molecule has 6 rings (SSSR count). The lowest BCUT2D eigenvalue weighted by Crippen LogP contribution is -2.31. The van der Waals surface area contributed by atoms with Crippen LogP contribution in [-0.4, -0.2) is 42.7 Å². The average Bonchev–Trinajstić information content (AvgIpc) is 3.61. The smallest absolute Gasteiger partial charge is 0.329 e.